The van der Waals surface area contributed by atoms with Crippen LogP contribution in [0.2, 0.25) is 0 Å². The van der Waals surface area contributed by atoms with Gasteiger partial charge in [0, 0.05) is 22.9 Å². The van der Waals surface area contributed by atoms with Gasteiger partial charge in [0.15, 0.2) is 0 Å². The summed E-state index contributed by atoms with van der Waals surface area (Å²) in [5, 5.41) is 9.40. The molecular formula is C14H15BrN2O3S. The summed E-state index contributed by atoms with van der Waals surface area (Å²) in [5.41, 5.74) is 0.951. The van der Waals surface area contributed by atoms with Gasteiger partial charge in [0.25, 0.3) is 0 Å². The number of aliphatic hydroxyl groups excluding tert-OH is 1. The summed E-state index contributed by atoms with van der Waals surface area (Å²) in [6.45, 7) is -0.282. The van der Waals surface area contributed by atoms with Crippen LogP contribution < -0.4 is 4.72 Å². The monoisotopic (exact) mass is 370 g/mol. The molecule has 0 aliphatic heterocycles. The summed E-state index contributed by atoms with van der Waals surface area (Å²) in [7, 11) is -3.72. The van der Waals surface area contributed by atoms with Gasteiger partial charge < -0.3 is 5.11 Å². The summed E-state index contributed by atoms with van der Waals surface area (Å²) >= 11 is 3.19. The second kappa shape index (κ2) is 7.13. The molecule has 0 fully saturated rings. The van der Waals surface area contributed by atoms with Gasteiger partial charge in [-0.15, -0.1) is 0 Å². The average Bonchev–Trinajstić information content (AvgIpc) is 2.47. The average molecular weight is 371 g/mol. The van der Waals surface area contributed by atoms with Crippen molar-refractivity contribution >= 4 is 26.0 Å². The first-order valence-corrected chi connectivity index (χ1v) is 8.56. The maximum absolute atomic E-state index is 12.3. The van der Waals surface area contributed by atoms with Gasteiger partial charge in [0.05, 0.1) is 6.61 Å². The number of aliphatic hydroxyl groups is 1. The second-order valence-corrected chi connectivity index (χ2v) is 7.16. The van der Waals surface area contributed by atoms with Crippen LogP contribution in [0.5, 0.6) is 0 Å². The normalized spacial score (nSPS) is 13.0. The van der Waals surface area contributed by atoms with E-state index in [0.29, 0.717) is 10.9 Å². The summed E-state index contributed by atoms with van der Waals surface area (Å²) in [4.78, 5) is 3.90. The SMILES string of the molecule is O=S(=O)(NC(CO)Cc1ccccc1)c1cncc(Br)c1. The lowest BCUT2D eigenvalue weighted by atomic mass is 10.1. The van der Waals surface area contributed by atoms with E-state index in [9.17, 15) is 13.5 Å². The molecule has 21 heavy (non-hydrogen) atoms. The Kier molecular flexibility index (Phi) is 5.46. The maximum atomic E-state index is 12.3. The van der Waals surface area contributed by atoms with E-state index in [1.165, 1.54) is 18.5 Å². The van der Waals surface area contributed by atoms with Crippen LogP contribution in [0.1, 0.15) is 5.56 Å². The Balaban J connectivity index is 2.14. The molecule has 1 aromatic carbocycles. The smallest absolute Gasteiger partial charge is 0.242 e. The van der Waals surface area contributed by atoms with Crippen LogP contribution in [0.15, 0.2) is 58.2 Å². The summed E-state index contributed by atoms with van der Waals surface area (Å²) in [6.07, 6.45) is 3.19. The van der Waals surface area contributed by atoms with E-state index in [1.54, 1.807) is 0 Å². The van der Waals surface area contributed by atoms with Gasteiger partial charge in [-0.3, -0.25) is 4.98 Å². The molecule has 7 heteroatoms. The minimum absolute atomic E-state index is 0.0587. The summed E-state index contributed by atoms with van der Waals surface area (Å²) in [6, 6.07) is 10.3. The lowest BCUT2D eigenvalue weighted by Gasteiger charge is -2.16. The molecule has 112 valence electrons. The molecule has 0 spiro atoms. The first-order valence-electron chi connectivity index (χ1n) is 6.29. The largest absolute Gasteiger partial charge is 0.395 e. The number of rotatable bonds is 6. The molecule has 0 amide bonds. The Hall–Kier alpha value is -1.28. The molecule has 0 aliphatic carbocycles. The number of nitrogens with one attached hydrogen (secondary N) is 1. The van der Waals surface area contributed by atoms with Crippen molar-refractivity contribution in [1.29, 1.82) is 0 Å². The standard InChI is InChI=1S/C14H15BrN2O3S/c15-12-7-14(9-16-8-12)21(19,20)17-13(10-18)6-11-4-2-1-3-5-11/h1-5,7-9,13,17-18H,6,10H2. The Bertz CT molecular complexity index is 692. The van der Waals surface area contributed by atoms with Crippen LogP contribution in [0.25, 0.3) is 0 Å². The van der Waals surface area contributed by atoms with Crippen molar-refractivity contribution in [3.05, 3.63) is 58.8 Å². The quantitative estimate of drug-likeness (QED) is 0.811. The van der Waals surface area contributed by atoms with Crippen LogP contribution in [0, 0.1) is 0 Å². The summed E-state index contributed by atoms with van der Waals surface area (Å²) < 4.78 is 27.6. The van der Waals surface area contributed by atoms with Gasteiger partial charge in [0.1, 0.15) is 4.90 Å². The molecule has 0 saturated carbocycles. The third kappa shape index (κ3) is 4.60. The third-order valence-electron chi connectivity index (χ3n) is 2.86. The van der Waals surface area contributed by atoms with E-state index >= 15 is 0 Å². The fourth-order valence-corrected chi connectivity index (χ4v) is 3.60. The van der Waals surface area contributed by atoms with E-state index in [0.717, 1.165) is 5.56 Å². The van der Waals surface area contributed by atoms with Crippen LogP contribution in [-0.2, 0) is 16.4 Å². The number of nitrogens with zero attached hydrogens (tertiary/aromatic N) is 1. The van der Waals surface area contributed by atoms with Crippen LogP contribution >= 0.6 is 15.9 Å². The number of aromatic nitrogens is 1. The van der Waals surface area contributed by atoms with Crippen LogP contribution in [-0.4, -0.2) is 31.2 Å². The number of hydrogen-bond donors (Lipinski definition) is 2. The van der Waals surface area contributed by atoms with E-state index in [2.05, 4.69) is 25.6 Å². The van der Waals surface area contributed by atoms with E-state index in [-0.39, 0.29) is 11.5 Å². The molecule has 1 unspecified atom stereocenters. The topological polar surface area (TPSA) is 79.3 Å². The fourth-order valence-electron chi connectivity index (χ4n) is 1.87. The second-order valence-electron chi connectivity index (χ2n) is 4.53. The number of halogens is 1. The zero-order valence-corrected chi connectivity index (χ0v) is 13.5. The highest BCUT2D eigenvalue weighted by Gasteiger charge is 2.20. The van der Waals surface area contributed by atoms with Gasteiger partial charge in [-0.05, 0) is 34.0 Å². The van der Waals surface area contributed by atoms with E-state index in [1.807, 2.05) is 30.3 Å². The Morgan fingerprint density at radius 1 is 1.24 bits per heavy atom. The van der Waals surface area contributed by atoms with E-state index < -0.39 is 16.1 Å². The lowest BCUT2D eigenvalue weighted by Crippen LogP contribution is -2.39. The molecule has 0 radical (unpaired) electrons. The van der Waals surface area contributed by atoms with Crippen molar-refractivity contribution < 1.29 is 13.5 Å². The molecule has 1 heterocycles. The fraction of sp³-hybridized carbons (Fsp3) is 0.214. The Labute approximate surface area is 132 Å². The molecule has 2 rings (SSSR count). The van der Waals surface area contributed by atoms with Crippen molar-refractivity contribution in [3.63, 3.8) is 0 Å². The first kappa shape index (κ1) is 16.1. The van der Waals surface area contributed by atoms with Gasteiger partial charge in [0.2, 0.25) is 10.0 Å². The molecule has 5 nitrogen and oxygen atoms in total. The number of sulfonamides is 1. The molecular weight excluding hydrogens is 356 g/mol. The highest BCUT2D eigenvalue weighted by molar-refractivity contribution is 9.10. The van der Waals surface area contributed by atoms with E-state index in [4.69, 9.17) is 0 Å². The van der Waals surface area contributed by atoms with Crippen molar-refractivity contribution in [2.75, 3.05) is 6.61 Å². The third-order valence-corrected chi connectivity index (χ3v) is 4.78. The predicted molar refractivity (Wildman–Crippen MR) is 83.3 cm³/mol. The molecule has 2 aromatic rings. The zero-order chi connectivity index (χ0) is 15.3. The highest BCUT2D eigenvalue weighted by atomic mass is 79.9. The van der Waals surface area contributed by atoms with Crippen LogP contribution in [0.3, 0.4) is 0 Å². The molecule has 1 atom stereocenters. The molecule has 0 bridgehead atoms. The van der Waals surface area contributed by atoms with Gasteiger partial charge in [-0.2, -0.15) is 0 Å². The molecule has 0 saturated heterocycles. The Morgan fingerprint density at radius 3 is 2.57 bits per heavy atom. The molecule has 2 N–H and O–H groups in total. The minimum Gasteiger partial charge on any atom is -0.395 e. The number of benzene rings is 1. The maximum Gasteiger partial charge on any atom is 0.242 e. The van der Waals surface area contributed by atoms with Gasteiger partial charge in [-0.1, -0.05) is 30.3 Å². The minimum atomic E-state index is -3.72. The van der Waals surface area contributed by atoms with Gasteiger partial charge >= 0.3 is 0 Å². The summed E-state index contributed by atoms with van der Waals surface area (Å²) in [5.74, 6) is 0. The Morgan fingerprint density at radius 2 is 1.95 bits per heavy atom. The van der Waals surface area contributed by atoms with Crippen molar-refractivity contribution in [2.45, 2.75) is 17.4 Å². The first-order chi connectivity index (χ1) is 10.0. The van der Waals surface area contributed by atoms with Crippen molar-refractivity contribution in [1.82, 2.24) is 9.71 Å². The van der Waals surface area contributed by atoms with Gasteiger partial charge in [-0.25, -0.2) is 13.1 Å². The zero-order valence-electron chi connectivity index (χ0n) is 11.1. The lowest BCUT2D eigenvalue weighted by molar-refractivity contribution is 0.256. The van der Waals surface area contributed by atoms with Crippen LogP contribution in [0.4, 0.5) is 0 Å². The molecule has 0 aliphatic rings. The highest BCUT2D eigenvalue weighted by Crippen LogP contribution is 2.15. The predicted octanol–water partition coefficient (Wildman–Crippen LogP) is 1.73. The number of hydrogen-bond acceptors (Lipinski definition) is 4. The molecule has 1 aromatic heterocycles. The van der Waals surface area contributed by atoms with Crippen molar-refractivity contribution in [3.8, 4) is 0 Å². The number of pyridine rings is 1. The van der Waals surface area contributed by atoms with Crippen molar-refractivity contribution in [2.24, 2.45) is 0 Å².